The molecule has 84 valence electrons. The van der Waals surface area contributed by atoms with E-state index in [2.05, 4.69) is 15.4 Å². The van der Waals surface area contributed by atoms with Gasteiger partial charge in [0, 0.05) is 13.2 Å². The van der Waals surface area contributed by atoms with Crippen LogP contribution in [0.5, 0.6) is 0 Å². The zero-order valence-electron chi connectivity index (χ0n) is 9.24. The van der Waals surface area contributed by atoms with Gasteiger partial charge in [-0.15, -0.1) is 0 Å². The van der Waals surface area contributed by atoms with Gasteiger partial charge in [0.2, 0.25) is 0 Å². The summed E-state index contributed by atoms with van der Waals surface area (Å²) in [7, 11) is 1.92. The highest BCUT2D eigenvalue weighted by molar-refractivity contribution is 6.30. The highest BCUT2D eigenvalue weighted by Gasteiger charge is 2.01. The molecule has 0 aliphatic carbocycles. The molecule has 2 aromatic heterocycles. The lowest BCUT2D eigenvalue weighted by Gasteiger charge is -2.07. The van der Waals surface area contributed by atoms with Crippen molar-refractivity contribution in [3.05, 3.63) is 40.9 Å². The van der Waals surface area contributed by atoms with Crippen molar-refractivity contribution in [3.63, 3.8) is 0 Å². The number of nitrogens with one attached hydrogen (secondary N) is 1. The average molecular weight is 237 g/mol. The number of aromatic nitrogens is 3. The molecule has 5 heteroatoms. The molecule has 1 N–H and O–H groups in total. The lowest BCUT2D eigenvalue weighted by molar-refractivity contribution is 0.720. The van der Waals surface area contributed by atoms with Crippen LogP contribution in [0.25, 0.3) is 0 Å². The molecule has 0 spiro atoms. The van der Waals surface area contributed by atoms with Crippen LogP contribution in [-0.2, 0) is 13.6 Å². The molecule has 0 bridgehead atoms. The van der Waals surface area contributed by atoms with Crippen LogP contribution in [0.1, 0.15) is 11.3 Å². The van der Waals surface area contributed by atoms with Crippen LogP contribution < -0.4 is 5.32 Å². The van der Waals surface area contributed by atoms with Gasteiger partial charge >= 0.3 is 0 Å². The van der Waals surface area contributed by atoms with E-state index in [4.69, 9.17) is 11.6 Å². The van der Waals surface area contributed by atoms with Gasteiger partial charge in [-0.1, -0.05) is 11.6 Å². The van der Waals surface area contributed by atoms with E-state index in [9.17, 15) is 0 Å². The molecule has 2 heterocycles. The summed E-state index contributed by atoms with van der Waals surface area (Å²) in [5.74, 6) is 0. The van der Waals surface area contributed by atoms with Crippen molar-refractivity contribution in [3.8, 4) is 0 Å². The van der Waals surface area contributed by atoms with Gasteiger partial charge in [0.1, 0.15) is 5.15 Å². The zero-order chi connectivity index (χ0) is 11.5. The van der Waals surface area contributed by atoms with Crippen LogP contribution in [0.4, 0.5) is 5.69 Å². The SMILES string of the molecule is Cc1cc(NCc2ccnn2C)cnc1Cl. The Labute approximate surface area is 99.3 Å². The van der Waals surface area contributed by atoms with Crippen LogP contribution >= 0.6 is 11.6 Å². The van der Waals surface area contributed by atoms with Gasteiger partial charge in [-0.3, -0.25) is 4.68 Å². The Morgan fingerprint density at radius 1 is 1.50 bits per heavy atom. The van der Waals surface area contributed by atoms with E-state index < -0.39 is 0 Å². The van der Waals surface area contributed by atoms with Crippen LogP contribution in [0.2, 0.25) is 5.15 Å². The first kappa shape index (κ1) is 11.0. The van der Waals surface area contributed by atoms with Crippen molar-refractivity contribution in [2.45, 2.75) is 13.5 Å². The minimum Gasteiger partial charge on any atom is -0.378 e. The molecule has 0 aliphatic heterocycles. The van der Waals surface area contributed by atoms with E-state index in [-0.39, 0.29) is 0 Å². The summed E-state index contributed by atoms with van der Waals surface area (Å²) in [6, 6.07) is 3.95. The third-order valence-electron chi connectivity index (χ3n) is 2.41. The molecule has 0 saturated carbocycles. The number of pyridine rings is 1. The van der Waals surface area contributed by atoms with Gasteiger partial charge in [-0.2, -0.15) is 5.10 Å². The van der Waals surface area contributed by atoms with E-state index >= 15 is 0 Å². The number of anilines is 1. The summed E-state index contributed by atoms with van der Waals surface area (Å²) >= 11 is 5.85. The maximum Gasteiger partial charge on any atom is 0.132 e. The van der Waals surface area contributed by atoms with Gasteiger partial charge in [-0.25, -0.2) is 4.98 Å². The standard InChI is InChI=1S/C11H13ClN4/c1-8-5-9(6-14-11(8)12)13-7-10-3-4-15-16(10)2/h3-6,13H,7H2,1-2H3. The molecule has 0 aromatic carbocycles. The summed E-state index contributed by atoms with van der Waals surface area (Å²) in [4.78, 5) is 4.08. The summed E-state index contributed by atoms with van der Waals surface area (Å²) < 4.78 is 1.84. The maximum absolute atomic E-state index is 5.85. The highest BCUT2D eigenvalue weighted by atomic mass is 35.5. The Balaban J connectivity index is 2.05. The number of aryl methyl sites for hydroxylation is 2. The fraction of sp³-hybridized carbons (Fsp3) is 0.273. The molecule has 0 aliphatic rings. The molecular weight excluding hydrogens is 224 g/mol. The second-order valence-electron chi connectivity index (χ2n) is 3.63. The topological polar surface area (TPSA) is 42.7 Å². The molecule has 0 amide bonds. The maximum atomic E-state index is 5.85. The third-order valence-corrected chi connectivity index (χ3v) is 2.81. The van der Waals surface area contributed by atoms with Gasteiger partial charge in [0.05, 0.1) is 24.1 Å². The van der Waals surface area contributed by atoms with Gasteiger partial charge < -0.3 is 5.32 Å². The molecule has 2 rings (SSSR count). The fourth-order valence-corrected chi connectivity index (χ4v) is 1.53. The second-order valence-corrected chi connectivity index (χ2v) is 3.99. The van der Waals surface area contributed by atoms with Gasteiger partial charge in [-0.05, 0) is 24.6 Å². The number of halogens is 1. The van der Waals surface area contributed by atoms with E-state index in [1.165, 1.54) is 0 Å². The molecule has 0 atom stereocenters. The lowest BCUT2D eigenvalue weighted by Crippen LogP contribution is -2.05. The van der Waals surface area contributed by atoms with Crippen molar-refractivity contribution in [1.82, 2.24) is 14.8 Å². The first-order valence-corrected chi connectivity index (χ1v) is 5.37. The number of rotatable bonds is 3. The quantitative estimate of drug-likeness (QED) is 0.833. The minimum absolute atomic E-state index is 0.547. The van der Waals surface area contributed by atoms with Crippen molar-refractivity contribution in [2.24, 2.45) is 7.05 Å². The molecule has 0 unspecified atom stereocenters. The molecule has 16 heavy (non-hydrogen) atoms. The van der Waals surface area contributed by atoms with E-state index in [0.717, 1.165) is 23.5 Å². The average Bonchev–Trinajstić information content (AvgIpc) is 2.66. The molecule has 0 saturated heterocycles. The van der Waals surface area contributed by atoms with E-state index in [0.29, 0.717) is 5.15 Å². The Hall–Kier alpha value is -1.55. The number of hydrogen-bond donors (Lipinski definition) is 1. The molecule has 4 nitrogen and oxygen atoms in total. The smallest absolute Gasteiger partial charge is 0.132 e. The number of nitrogens with zero attached hydrogens (tertiary/aromatic N) is 3. The normalized spacial score (nSPS) is 10.4. The summed E-state index contributed by atoms with van der Waals surface area (Å²) in [5.41, 5.74) is 3.05. The van der Waals surface area contributed by atoms with Crippen molar-refractivity contribution < 1.29 is 0 Å². The van der Waals surface area contributed by atoms with Crippen molar-refractivity contribution in [2.75, 3.05) is 5.32 Å². The number of hydrogen-bond acceptors (Lipinski definition) is 3. The zero-order valence-corrected chi connectivity index (χ0v) is 9.99. The first-order chi connectivity index (χ1) is 7.66. The molecular formula is C11H13ClN4. The molecule has 0 fully saturated rings. The summed E-state index contributed by atoms with van der Waals surface area (Å²) in [5, 5.41) is 7.92. The predicted molar refractivity (Wildman–Crippen MR) is 64.5 cm³/mol. The van der Waals surface area contributed by atoms with Crippen LogP contribution in [-0.4, -0.2) is 14.8 Å². The van der Waals surface area contributed by atoms with Crippen LogP contribution in [0.3, 0.4) is 0 Å². The third kappa shape index (κ3) is 2.33. The fourth-order valence-electron chi connectivity index (χ4n) is 1.42. The first-order valence-electron chi connectivity index (χ1n) is 4.99. The van der Waals surface area contributed by atoms with E-state index in [1.807, 2.05) is 30.8 Å². The predicted octanol–water partition coefficient (Wildman–Crippen LogP) is 2.39. The molecule has 2 aromatic rings. The van der Waals surface area contributed by atoms with Gasteiger partial charge in [0.25, 0.3) is 0 Å². The lowest BCUT2D eigenvalue weighted by atomic mass is 10.3. The van der Waals surface area contributed by atoms with Crippen molar-refractivity contribution >= 4 is 17.3 Å². The summed E-state index contributed by atoms with van der Waals surface area (Å²) in [6.45, 7) is 2.66. The Kier molecular flexibility index (Phi) is 3.10. The summed E-state index contributed by atoms with van der Waals surface area (Å²) in [6.07, 6.45) is 3.51. The van der Waals surface area contributed by atoms with Gasteiger partial charge in [0.15, 0.2) is 0 Å². The highest BCUT2D eigenvalue weighted by Crippen LogP contribution is 2.16. The second kappa shape index (κ2) is 4.53. The Morgan fingerprint density at radius 3 is 2.94 bits per heavy atom. The van der Waals surface area contributed by atoms with E-state index in [1.54, 1.807) is 12.4 Å². The van der Waals surface area contributed by atoms with Crippen LogP contribution in [0.15, 0.2) is 24.5 Å². The van der Waals surface area contributed by atoms with Crippen molar-refractivity contribution in [1.29, 1.82) is 0 Å². The monoisotopic (exact) mass is 236 g/mol. The largest absolute Gasteiger partial charge is 0.378 e. The van der Waals surface area contributed by atoms with Crippen LogP contribution in [0, 0.1) is 6.92 Å². The minimum atomic E-state index is 0.547. The Morgan fingerprint density at radius 2 is 2.31 bits per heavy atom. The Bertz CT molecular complexity index is 492. The molecule has 0 radical (unpaired) electrons.